The van der Waals surface area contributed by atoms with Gasteiger partial charge in [-0.15, -0.1) is 0 Å². The smallest absolute Gasteiger partial charge is 0.283 e. The van der Waals surface area contributed by atoms with Crippen LogP contribution in [0.3, 0.4) is 0 Å². The molecule has 0 bridgehead atoms. The molecule has 1 aliphatic carbocycles. The van der Waals surface area contributed by atoms with E-state index >= 15 is 0 Å². The molecule has 9 heteroatoms. The van der Waals surface area contributed by atoms with Crippen LogP contribution in [-0.2, 0) is 11.3 Å². The average Bonchev–Trinajstić information content (AvgIpc) is 2.86. The predicted molar refractivity (Wildman–Crippen MR) is 143 cm³/mol. The predicted octanol–water partition coefficient (Wildman–Crippen LogP) is 3.87. The molecule has 2 aromatic heterocycles. The fourth-order valence-electron chi connectivity index (χ4n) is 5.44. The highest BCUT2D eigenvalue weighted by Gasteiger charge is 2.43. The fraction of sp³-hybridized carbons (Fsp3) is 0.615. The second-order valence-corrected chi connectivity index (χ2v) is 11.6. The third kappa shape index (κ3) is 5.25. The van der Waals surface area contributed by atoms with Crippen LogP contribution in [0.2, 0.25) is 0 Å². The van der Waals surface area contributed by atoms with E-state index in [1.807, 2.05) is 12.1 Å². The summed E-state index contributed by atoms with van der Waals surface area (Å²) in [6.45, 7) is 14.3. The van der Waals surface area contributed by atoms with Crippen molar-refractivity contribution in [2.75, 3.05) is 36.4 Å². The van der Waals surface area contributed by atoms with Crippen molar-refractivity contribution in [1.82, 2.24) is 19.7 Å². The molecule has 8 nitrogen and oxygen atoms in total. The van der Waals surface area contributed by atoms with Gasteiger partial charge in [0.25, 0.3) is 5.56 Å². The molecule has 0 aromatic carbocycles. The lowest BCUT2D eigenvalue weighted by molar-refractivity contribution is -0.132. The molecule has 1 saturated carbocycles. The maximum Gasteiger partial charge on any atom is 0.283 e. The summed E-state index contributed by atoms with van der Waals surface area (Å²) in [5, 5.41) is 7.92. The number of amides is 1. The van der Waals surface area contributed by atoms with E-state index < -0.39 is 0 Å². The van der Waals surface area contributed by atoms with Crippen LogP contribution in [0.15, 0.2) is 40.0 Å². The summed E-state index contributed by atoms with van der Waals surface area (Å²) in [6.07, 6.45) is 6.26. The third-order valence-electron chi connectivity index (χ3n) is 8.75. The van der Waals surface area contributed by atoms with E-state index in [1.165, 1.54) is 4.68 Å². The van der Waals surface area contributed by atoms with Crippen LogP contribution in [0.5, 0.6) is 0 Å². The Bertz CT molecular complexity index is 1100. The van der Waals surface area contributed by atoms with Gasteiger partial charge in [-0.2, -0.15) is 5.10 Å². The number of pyridine rings is 1. The molecule has 190 valence electrons. The Hall–Kier alpha value is -2.42. The van der Waals surface area contributed by atoms with Gasteiger partial charge in [0.1, 0.15) is 11.0 Å². The van der Waals surface area contributed by atoms with Crippen molar-refractivity contribution in [3.63, 3.8) is 0 Å². The van der Waals surface area contributed by atoms with Gasteiger partial charge in [0.05, 0.1) is 11.9 Å². The molecular formula is C26H37BrN6O2. The molecule has 1 aliphatic heterocycles. The Morgan fingerprint density at radius 1 is 1.14 bits per heavy atom. The molecule has 2 aliphatic rings. The highest BCUT2D eigenvalue weighted by molar-refractivity contribution is 9.10. The first-order valence-electron chi connectivity index (χ1n) is 12.5. The highest BCUT2D eigenvalue weighted by Crippen LogP contribution is 2.48. The molecule has 4 atom stereocenters. The van der Waals surface area contributed by atoms with Crippen LogP contribution >= 0.6 is 15.9 Å². The van der Waals surface area contributed by atoms with Gasteiger partial charge < -0.3 is 15.1 Å². The number of carbonyl (C=O) groups is 1. The number of hydrogen-bond donors (Lipinski definition) is 1. The van der Waals surface area contributed by atoms with Gasteiger partial charge in [0, 0.05) is 50.3 Å². The molecule has 0 unspecified atom stereocenters. The monoisotopic (exact) mass is 544 g/mol. The lowest BCUT2D eigenvalue weighted by Gasteiger charge is -2.50. The van der Waals surface area contributed by atoms with Crippen molar-refractivity contribution >= 4 is 33.2 Å². The molecule has 0 spiro atoms. The fourth-order valence-corrected chi connectivity index (χ4v) is 5.86. The molecule has 1 saturated heterocycles. The first kappa shape index (κ1) is 25.7. The second kappa shape index (κ2) is 10.3. The van der Waals surface area contributed by atoms with Gasteiger partial charge in [-0.3, -0.25) is 14.6 Å². The number of piperazine rings is 1. The molecule has 35 heavy (non-hydrogen) atoms. The molecule has 3 heterocycles. The van der Waals surface area contributed by atoms with Crippen LogP contribution in [0.25, 0.3) is 0 Å². The first-order valence-corrected chi connectivity index (χ1v) is 13.3. The lowest BCUT2D eigenvalue weighted by Crippen LogP contribution is -2.50. The number of hydrogen-bond acceptors (Lipinski definition) is 6. The Labute approximate surface area is 216 Å². The van der Waals surface area contributed by atoms with E-state index in [-0.39, 0.29) is 29.5 Å². The summed E-state index contributed by atoms with van der Waals surface area (Å²) >= 11 is 3.48. The number of anilines is 2. The topological polar surface area (TPSA) is 83.4 Å². The van der Waals surface area contributed by atoms with Crippen molar-refractivity contribution in [1.29, 1.82) is 0 Å². The van der Waals surface area contributed by atoms with Crippen molar-refractivity contribution in [3.05, 3.63) is 45.5 Å². The number of rotatable bonds is 5. The number of halogens is 1. The zero-order chi connectivity index (χ0) is 25.3. The summed E-state index contributed by atoms with van der Waals surface area (Å²) in [6, 6.07) is 4.22. The molecule has 2 aromatic rings. The van der Waals surface area contributed by atoms with Crippen LogP contribution < -0.4 is 15.8 Å². The van der Waals surface area contributed by atoms with E-state index in [0.717, 1.165) is 25.2 Å². The van der Waals surface area contributed by atoms with Crippen LogP contribution in [-0.4, -0.2) is 57.8 Å². The summed E-state index contributed by atoms with van der Waals surface area (Å²) in [4.78, 5) is 34.1. The number of carbonyl (C=O) groups excluding carboxylic acids is 1. The number of nitrogens with zero attached hydrogens (tertiary/aromatic N) is 5. The first-order chi connectivity index (χ1) is 16.6. The molecule has 4 rings (SSSR count). The van der Waals surface area contributed by atoms with Crippen molar-refractivity contribution < 1.29 is 4.79 Å². The van der Waals surface area contributed by atoms with Crippen LogP contribution in [0, 0.1) is 23.2 Å². The largest absolute Gasteiger partial charge is 0.380 e. The van der Waals surface area contributed by atoms with Gasteiger partial charge in [-0.05, 0) is 57.7 Å². The van der Waals surface area contributed by atoms with Gasteiger partial charge >= 0.3 is 0 Å². The minimum absolute atomic E-state index is 0.0605. The van der Waals surface area contributed by atoms with Gasteiger partial charge in [0.15, 0.2) is 0 Å². The van der Waals surface area contributed by atoms with E-state index in [9.17, 15) is 9.59 Å². The molecule has 1 amide bonds. The molecular weight excluding hydrogens is 508 g/mol. The zero-order valence-electron chi connectivity index (χ0n) is 21.4. The molecule has 1 N–H and O–H groups in total. The minimum atomic E-state index is -0.288. The standard InChI is InChI=1S/C26H37BrN6O2/c1-17-14-21(18(2)19(3)26(17,4)5)30-22-15-29-33(25(35)24(22)27)16-23(34)32-12-10-31(11-13-32)20-6-8-28-9-7-20/h6-9,15,17-19,21,30H,10-14,16H2,1-5H3/t17-,18+,19+,21+/m0/s1. The van der Waals surface area contributed by atoms with Crippen molar-refractivity contribution in [2.45, 2.75) is 53.6 Å². The van der Waals surface area contributed by atoms with Gasteiger partial charge in [-0.25, -0.2) is 4.68 Å². The molecule has 0 radical (unpaired) electrons. The Kier molecular flexibility index (Phi) is 7.54. The van der Waals surface area contributed by atoms with E-state index in [1.54, 1.807) is 23.5 Å². The average molecular weight is 546 g/mol. The minimum Gasteiger partial charge on any atom is -0.380 e. The summed E-state index contributed by atoms with van der Waals surface area (Å²) in [5.74, 6) is 1.48. The Morgan fingerprint density at radius 3 is 2.46 bits per heavy atom. The van der Waals surface area contributed by atoms with E-state index in [4.69, 9.17) is 0 Å². The van der Waals surface area contributed by atoms with E-state index in [0.29, 0.717) is 41.0 Å². The SMILES string of the molecule is C[C@@H]1[C@@H](C)C(C)(C)[C@@H](C)C[C@H]1Nc1cnn(CC(=O)N2CCN(c3ccncc3)CC2)c(=O)c1Br. The summed E-state index contributed by atoms with van der Waals surface area (Å²) in [5.41, 5.74) is 1.79. The normalized spacial score (nSPS) is 26.5. The number of aromatic nitrogens is 3. The van der Waals surface area contributed by atoms with Gasteiger partial charge in [-0.1, -0.05) is 34.6 Å². The van der Waals surface area contributed by atoms with Gasteiger partial charge in [0.2, 0.25) is 5.91 Å². The maximum absolute atomic E-state index is 13.0. The zero-order valence-corrected chi connectivity index (χ0v) is 23.0. The summed E-state index contributed by atoms with van der Waals surface area (Å²) < 4.78 is 1.69. The Morgan fingerprint density at radius 2 is 1.80 bits per heavy atom. The third-order valence-corrected chi connectivity index (χ3v) is 9.51. The molecule has 2 fully saturated rings. The Balaban J connectivity index is 1.38. The van der Waals surface area contributed by atoms with E-state index in [2.05, 4.69) is 70.8 Å². The van der Waals surface area contributed by atoms with Crippen molar-refractivity contribution in [3.8, 4) is 0 Å². The highest BCUT2D eigenvalue weighted by atomic mass is 79.9. The van der Waals surface area contributed by atoms with Crippen molar-refractivity contribution in [2.24, 2.45) is 23.2 Å². The second-order valence-electron chi connectivity index (χ2n) is 10.8. The maximum atomic E-state index is 13.0. The quantitative estimate of drug-likeness (QED) is 0.615. The van der Waals surface area contributed by atoms with Crippen LogP contribution in [0.1, 0.15) is 41.0 Å². The summed E-state index contributed by atoms with van der Waals surface area (Å²) in [7, 11) is 0. The lowest BCUT2D eigenvalue weighted by atomic mass is 9.58. The van der Waals surface area contributed by atoms with Crippen LogP contribution in [0.4, 0.5) is 11.4 Å². The number of nitrogens with one attached hydrogen (secondary N) is 1.